The van der Waals surface area contributed by atoms with Crippen LogP contribution in [0.4, 0.5) is 0 Å². The van der Waals surface area contributed by atoms with Gasteiger partial charge in [-0.1, -0.05) is 23.7 Å². The van der Waals surface area contributed by atoms with E-state index in [0.29, 0.717) is 16.2 Å². The van der Waals surface area contributed by atoms with Crippen molar-refractivity contribution in [2.24, 2.45) is 0 Å². The lowest BCUT2D eigenvalue weighted by Gasteiger charge is -2.25. The highest BCUT2D eigenvalue weighted by atomic mass is 35.5. The first-order valence-electron chi connectivity index (χ1n) is 8.00. The van der Waals surface area contributed by atoms with Gasteiger partial charge < -0.3 is 4.90 Å². The van der Waals surface area contributed by atoms with E-state index in [0.717, 1.165) is 36.0 Å². The maximum atomic E-state index is 13.0. The number of halogens is 1. The maximum absolute atomic E-state index is 13.0. The molecular formula is C18H17ClN4O. The van der Waals surface area contributed by atoms with Crippen molar-refractivity contribution in [3.8, 4) is 0 Å². The number of pyridine rings is 1. The molecular weight excluding hydrogens is 324 g/mol. The number of hydrogen-bond donors (Lipinski definition) is 1. The van der Waals surface area contributed by atoms with E-state index in [-0.39, 0.29) is 11.9 Å². The number of likely N-dealkylation sites (tertiary alicyclic amines) is 1. The van der Waals surface area contributed by atoms with Crippen LogP contribution in [0.25, 0.3) is 11.0 Å². The predicted octanol–water partition coefficient (Wildman–Crippen LogP) is 3.90. The Morgan fingerprint density at radius 1 is 1.33 bits per heavy atom. The lowest BCUT2D eigenvalue weighted by molar-refractivity contribution is 0.0735. The van der Waals surface area contributed by atoms with Crippen molar-refractivity contribution < 1.29 is 4.79 Å². The summed E-state index contributed by atoms with van der Waals surface area (Å²) < 4.78 is 0. The number of aromatic amines is 1. The number of H-pyrrole nitrogens is 1. The third-order valence-corrected chi connectivity index (χ3v) is 4.87. The summed E-state index contributed by atoms with van der Waals surface area (Å²) in [5.41, 5.74) is 3.29. The molecule has 1 aromatic carbocycles. The van der Waals surface area contributed by atoms with Crippen molar-refractivity contribution in [1.29, 1.82) is 0 Å². The topological polar surface area (TPSA) is 61.9 Å². The van der Waals surface area contributed by atoms with Crippen LogP contribution in [0.2, 0.25) is 5.02 Å². The zero-order valence-corrected chi connectivity index (χ0v) is 14.0. The molecule has 1 aliphatic heterocycles. The molecule has 5 nitrogen and oxygen atoms in total. The van der Waals surface area contributed by atoms with Crippen LogP contribution >= 0.6 is 11.6 Å². The van der Waals surface area contributed by atoms with Gasteiger partial charge in [-0.2, -0.15) is 5.10 Å². The molecule has 1 aliphatic rings. The molecule has 1 saturated heterocycles. The van der Waals surface area contributed by atoms with E-state index < -0.39 is 0 Å². The second kappa shape index (κ2) is 5.91. The molecule has 1 N–H and O–H groups in total. The Kier molecular flexibility index (Phi) is 3.73. The zero-order valence-electron chi connectivity index (χ0n) is 13.3. The minimum Gasteiger partial charge on any atom is -0.332 e. The van der Waals surface area contributed by atoms with Crippen LogP contribution in [-0.4, -0.2) is 32.5 Å². The highest BCUT2D eigenvalue weighted by molar-refractivity contribution is 6.30. The van der Waals surface area contributed by atoms with Crippen LogP contribution in [0.1, 0.15) is 40.5 Å². The lowest BCUT2D eigenvalue weighted by Crippen LogP contribution is -2.30. The third-order valence-electron chi connectivity index (χ3n) is 4.62. The molecule has 3 aromatic rings. The average molecular weight is 341 g/mol. The minimum atomic E-state index is 0.0162. The van der Waals surface area contributed by atoms with E-state index >= 15 is 0 Å². The van der Waals surface area contributed by atoms with Crippen LogP contribution in [0, 0.1) is 6.92 Å². The second-order valence-corrected chi connectivity index (χ2v) is 6.59. The van der Waals surface area contributed by atoms with E-state index in [4.69, 9.17) is 11.6 Å². The molecule has 6 heteroatoms. The van der Waals surface area contributed by atoms with Gasteiger partial charge in [-0.3, -0.25) is 9.89 Å². The number of nitrogens with zero attached hydrogens (tertiary/aromatic N) is 3. The van der Waals surface area contributed by atoms with Crippen molar-refractivity contribution >= 4 is 28.5 Å². The minimum absolute atomic E-state index is 0.0162. The molecule has 4 rings (SSSR count). The summed E-state index contributed by atoms with van der Waals surface area (Å²) in [6.45, 7) is 2.69. The monoisotopic (exact) mass is 340 g/mol. The molecule has 1 fully saturated rings. The first kappa shape index (κ1) is 15.1. The van der Waals surface area contributed by atoms with E-state index in [2.05, 4.69) is 15.2 Å². The molecule has 24 heavy (non-hydrogen) atoms. The van der Waals surface area contributed by atoms with Gasteiger partial charge in [0.25, 0.3) is 5.91 Å². The van der Waals surface area contributed by atoms with Crippen LogP contribution in [0.3, 0.4) is 0 Å². The number of rotatable bonds is 2. The van der Waals surface area contributed by atoms with Gasteiger partial charge in [-0.05, 0) is 43.5 Å². The number of aryl methyl sites for hydroxylation is 1. The number of hydrogen-bond acceptors (Lipinski definition) is 3. The zero-order chi connectivity index (χ0) is 16.7. The molecule has 122 valence electrons. The van der Waals surface area contributed by atoms with E-state index in [1.807, 2.05) is 42.2 Å². The number of nitrogens with one attached hydrogen (secondary N) is 1. The second-order valence-electron chi connectivity index (χ2n) is 6.15. The normalized spacial score (nSPS) is 17.6. The van der Waals surface area contributed by atoms with Crippen LogP contribution < -0.4 is 0 Å². The molecule has 1 atom stereocenters. The number of carbonyl (C=O) groups excluding carboxylic acids is 1. The maximum Gasteiger partial charge on any atom is 0.255 e. The van der Waals surface area contributed by atoms with Crippen molar-refractivity contribution in [3.05, 3.63) is 58.4 Å². The van der Waals surface area contributed by atoms with Gasteiger partial charge in [0.05, 0.1) is 11.6 Å². The highest BCUT2D eigenvalue weighted by Gasteiger charge is 2.30. The van der Waals surface area contributed by atoms with Gasteiger partial charge in [0.1, 0.15) is 0 Å². The first-order chi connectivity index (χ1) is 11.6. The van der Waals surface area contributed by atoms with Gasteiger partial charge in [0, 0.05) is 28.8 Å². The Balaban J connectivity index is 1.66. The average Bonchev–Trinajstić information content (AvgIpc) is 3.22. The van der Waals surface area contributed by atoms with Gasteiger partial charge in [-0.15, -0.1) is 0 Å². The Bertz CT molecular complexity index is 903. The van der Waals surface area contributed by atoms with E-state index in [1.165, 1.54) is 0 Å². The largest absolute Gasteiger partial charge is 0.332 e. The highest BCUT2D eigenvalue weighted by Crippen LogP contribution is 2.33. The number of amides is 1. The van der Waals surface area contributed by atoms with Gasteiger partial charge in [-0.25, -0.2) is 4.98 Å². The molecule has 0 radical (unpaired) electrons. The molecule has 1 amide bonds. The number of aromatic nitrogens is 3. The number of fused-ring (bicyclic) bond motifs is 1. The summed E-state index contributed by atoms with van der Waals surface area (Å²) >= 11 is 5.98. The molecule has 0 spiro atoms. The van der Waals surface area contributed by atoms with Gasteiger partial charge >= 0.3 is 0 Å². The van der Waals surface area contributed by atoms with Gasteiger partial charge in [0.15, 0.2) is 5.65 Å². The number of carbonyl (C=O) groups is 1. The SMILES string of the molecule is Cc1[nH]nc2ncc(C(=O)N3CCC[C@H]3c3ccc(Cl)cc3)cc12. The molecule has 0 aliphatic carbocycles. The summed E-state index contributed by atoms with van der Waals surface area (Å²) in [7, 11) is 0. The third kappa shape index (κ3) is 2.55. The fraction of sp³-hybridized carbons (Fsp3) is 0.278. The molecule has 0 bridgehead atoms. The van der Waals surface area contributed by atoms with Gasteiger partial charge in [0.2, 0.25) is 0 Å². The molecule has 0 unspecified atom stereocenters. The van der Waals surface area contributed by atoms with Crippen molar-refractivity contribution in [3.63, 3.8) is 0 Å². The fourth-order valence-electron chi connectivity index (χ4n) is 3.34. The van der Waals surface area contributed by atoms with Crippen molar-refractivity contribution in [2.45, 2.75) is 25.8 Å². The van der Waals surface area contributed by atoms with Crippen LogP contribution in [-0.2, 0) is 0 Å². The summed E-state index contributed by atoms with van der Waals surface area (Å²) in [5.74, 6) is 0.0162. The van der Waals surface area contributed by atoms with E-state index in [9.17, 15) is 4.79 Å². The summed E-state index contributed by atoms with van der Waals surface area (Å²) in [4.78, 5) is 19.2. The number of benzene rings is 1. The van der Waals surface area contributed by atoms with Crippen molar-refractivity contribution in [2.75, 3.05) is 6.54 Å². The Labute approximate surface area is 144 Å². The van der Waals surface area contributed by atoms with E-state index in [1.54, 1.807) is 6.20 Å². The summed E-state index contributed by atoms with van der Waals surface area (Å²) in [6, 6.07) is 9.72. The standard InChI is InChI=1S/C18H17ClN4O/c1-11-15-9-13(10-20-17(15)22-21-11)18(24)23-8-2-3-16(23)12-4-6-14(19)7-5-12/h4-7,9-10,16H,2-3,8H2,1H3,(H,20,21,22)/t16-/m0/s1. The van der Waals surface area contributed by atoms with Crippen LogP contribution in [0.15, 0.2) is 36.5 Å². The van der Waals surface area contributed by atoms with Crippen molar-refractivity contribution in [1.82, 2.24) is 20.1 Å². The Morgan fingerprint density at radius 3 is 2.92 bits per heavy atom. The molecule has 3 heterocycles. The summed E-state index contributed by atoms with van der Waals surface area (Å²) in [6.07, 6.45) is 3.58. The quantitative estimate of drug-likeness (QED) is 0.769. The molecule has 2 aromatic heterocycles. The predicted molar refractivity (Wildman–Crippen MR) is 93.1 cm³/mol. The summed E-state index contributed by atoms with van der Waals surface area (Å²) in [5, 5.41) is 8.62. The molecule has 0 saturated carbocycles. The Morgan fingerprint density at radius 2 is 2.12 bits per heavy atom. The first-order valence-corrected chi connectivity index (χ1v) is 8.38. The smallest absolute Gasteiger partial charge is 0.255 e. The van der Waals surface area contributed by atoms with Crippen LogP contribution in [0.5, 0.6) is 0 Å². The lowest BCUT2D eigenvalue weighted by atomic mass is 10.0. The Hall–Kier alpha value is -2.40. The fourth-order valence-corrected chi connectivity index (χ4v) is 3.47.